The molecule has 0 aliphatic carbocycles. The molecule has 78 valence electrons. The number of hydrogen-bond acceptors (Lipinski definition) is 3. The second kappa shape index (κ2) is 6.11. The fraction of sp³-hybridized carbons (Fsp3) is 0.900. The van der Waals surface area contributed by atoms with Crippen LogP contribution in [0.15, 0.2) is 0 Å². The smallest absolute Gasteiger partial charge is 0.152 e. The number of nitrogens with one attached hydrogen (secondary N) is 1. The Balaban J connectivity index is 3.62. The van der Waals surface area contributed by atoms with Gasteiger partial charge in [0.1, 0.15) is 0 Å². The minimum Gasteiger partial charge on any atom is -0.321 e. The van der Waals surface area contributed by atoms with Crippen molar-refractivity contribution in [2.24, 2.45) is 11.7 Å². The maximum Gasteiger partial charge on any atom is 0.152 e. The molecule has 0 saturated carbocycles. The first-order valence-corrected chi connectivity index (χ1v) is 4.97. The van der Waals surface area contributed by atoms with Crippen LogP contribution in [0.4, 0.5) is 0 Å². The Bertz CT molecular complexity index is 155. The minimum absolute atomic E-state index is 0.0500. The molecule has 0 aromatic carbocycles. The van der Waals surface area contributed by atoms with Gasteiger partial charge in [-0.1, -0.05) is 27.7 Å². The summed E-state index contributed by atoms with van der Waals surface area (Å²) in [6.45, 7) is 8.75. The van der Waals surface area contributed by atoms with E-state index < -0.39 is 0 Å². The van der Waals surface area contributed by atoms with E-state index in [-0.39, 0.29) is 17.7 Å². The van der Waals surface area contributed by atoms with Crippen LogP contribution in [0, 0.1) is 5.92 Å². The molecule has 13 heavy (non-hydrogen) atoms. The summed E-state index contributed by atoms with van der Waals surface area (Å²) < 4.78 is 0. The van der Waals surface area contributed by atoms with Gasteiger partial charge in [-0.25, -0.2) is 0 Å². The second-order valence-electron chi connectivity index (χ2n) is 4.06. The van der Waals surface area contributed by atoms with Crippen LogP contribution >= 0.6 is 0 Å². The zero-order chi connectivity index (χ0) is 10.4. The van der Waals surface area contributed by atoms with E-state index in [0.29, 0.717) is 6.04 Å². The standard InChI is InChI=1S/C10H22N2O/c1-7(2)10(13)9(11)5-6-12-8(3)4/h7-9,12H,5-6,11H2,1-4H3. The van der Waals surface area contributed by atoms with Gasteiger partial charge in [-0.15, -0.1) is 0 Å². The minimum atomic E-state index is -0.300. The maximum atomic E-state index is 11.4. The van der Waals surface area contributed by atoms with Crippen LogP contribution in [-0.4, -0.2) is 24.4 Å². The van der Waals surface area contributed by atoms with E-state index in [0.717, 1.165) is 13.0 Å². The van der Waals surface area contributed by atoms with Gasteiger partial charge >= 0.3 is 0 Å². The first-order chi connectivity index (χ1) is 5.95. The molecule has 0 bridgehead atoms. The van der Waals surface area contributed by atoms with E-state index in [1.807, 2.05) is 13.8 Å². The van der Waals surface area contributed by atoms with Crippen molar-refractivity contribution in [3.05, 3.63) is 0 Å². The van der Waals surface area contributed by atoms with Gasteiger partial charge in [-0.2, -0.15) is 0 Å². The number of rotatable bonds is 6. The third kappa shape index (κ3) is 5.77. The Morgan fingerprint density at radius 2 is 1.85 bits per heavy atom. The molecule has 1 atom stereocenters. The van der Waals surface area contributed by atoms with Gasteiger partial charge in [0.05, 0.1) is 6.04 Å². The number of nitrogens with two attached hydrogens (primary N) is 1. The van der Waals surface area contributed by atoms with Crippen molar-refractivity contribution in [3.8, 4) is 0 Å². The molecule has 1 unspecified atom stereocenters. The van der Waals surface area contributed by atoms with Crippen molar-refractivity contribution < 1.29 is 4.79 Å². The summed E-state index contributed by atoms with van der Waals surface area (Å²) >= 11 is 0. The highest BCUT2D eigenvalue weighted by Gasteiger charge is 2.15. The molecule has 0 aliphatic heterocycles. The van der Waals surface area contributed by atoms with Gasteiger partial charge in [0.15, 0.2) is 5.78 Å². The summed E-state index contributed by atoms with van der Waals surface area (Å²) in [5, 5.41) is 3.24. The highest BCUT2D eigenvalue weighted by atomic mass is 16.1. The Morgan fingerprint density at radius 3 is 2.23 bits per heavy atom. The van der Waals surface area contributed by atoms with E-state index in [9.17, 15) is 4.79 Å². The van der Waals surface area contributed by atoms with Crippen LogP contribution < -0.4 is 11.1 Å². The topological polar surface area (TPSA) is 55.1 Å². The van der Waals surface area contributed by atoms with Crippen molar-refractivity contribution in [2.75, 3.05) is 6.54 Å². The lowest BCUT2D eigenvalue weighted by Gasteiger charge is -2.14. The molecule has 0 spiro atoms. The monoisotopic (exact) mass is 186 g/mol. The molecule has 3 heteroatoms. The SMILES string of the molecule is CC(C)NCCC(N)C(=O)C(C)C. The average molecular weight is 186 g/mol. The molecular formula is C10H22N2O. The molecule has 0 aromatic heterocycles. The van der Waals surface area contributed by atoms with Crippen molar-refractivity contribution in [2.45, 2.75) is 46.2 Å². The first kappa shape index (κ1) is 12.6. The third-order valence-corrected chi connectivity index (χ3v) is 1.94. The van der Waals surface area contributed by atoms with Gasteiger partial charge in [0.2, 0.25) is 0 Å². The average Bonchev–Trinajstić information content (AvgIpc) is 2.02. The Labute approximate surface area is 81.1 Å². The quantitative estimate of drug-likeness (QED) is 0.648. The van der Waals surface area contributed by atoms with Gasteiger partial charge in [0.25, 0.3) is 0 Å². The Kier molecular flexibility index (Phi) is 5.91. The molecule has 3 nitrogen and oxygen atoms in total. The number of hydrogen-bond donors (Lipinski definition) is 2. The molecule has 0 fully saturated rings. The lowest BCUT2D eigenvalue weighted by molar-refractivity contribution is -0.123. The highest BCUT2D eigenvalue weighted by Crippen LogP contribution is 2.00. The summed E-state index contributed by atoms with van der Waals surface area (Å²) in [5.74, 6) is 0.208. The van der Waals surface area contributed by atoms with E-state index >= 15 is 0 Å². The Morgan fingerprint density at radius 1 is 1.31 bits per heavy atom. The molecule has 0 saturated heterocycles. The van der Waals surface area contributed by atoms with Gasteiger partial charge in [0, 0.05) is 12.0 Å². The van der Waals surface area contributed by atoms with E-state index in [2.05, 4.69) is 19.2 Å². The molecule has 0 amide bonds. The zero-order valence-electron chi connectivity index (χ0n) is 9.13. The van der Waals surface area contributed by atoms with Gasteiger partial charge < -0.3 is 11.1 Å². The number of carbonyl (C=O) groups is 1. The molecule has 3 N–H and O–H groups in total. The van der Waals surface area contributed by atoms with Crippen molar-refractivity contribution in [3.63, 3.8) is 0 Å². The van der Waals surface area contributed by atoms with Crippen molar-refractivity contribution in [1.29, 1.82) is 0 Å². The third-order valence-electron chi connectivity index (χ3n) is 1.94. The predicted molar refractivity (Wildman–Crippen MR) is 55.6 cm³/mol. The first-order valence-electron chi connectivity index (χ1n) is 4.97. The summed E-state index contributed by atoms with van der Waals surface area (Å²) in [6, 6.07) is 0.160. The van der Waals surface area contributed by atoms with E-state index in [1.54, 1.807) is 0 Å². The lowest BCUT2D eigenvalue weighted by Crippen LogP contribution is -2.37. The zero-order valence-corrected chi connectivity index (χ0v) is 9.13. The van der Waals surface area contributed by atoms with Crippen LogP contribution in [0.3, 0.4) is 0 Å². The molecule has 0 radical (unpaired) electrons. The van der Waals surface area contributed by atoms with Crippen LogP contribution in [0.2, 0.25) is 0 Å². The number of Topliss-reactive ketones (excluding diaryl/α,β-unsaturated/α-hetero) is 1. The predicted octanol–water partition coefficient (Wildman–Crippen LogP) is 0.927. The van der Waals surface area contributed by atoms with Crippen LogP contribution in [-0.2, 0) is 4.79 Å². The fourth-order valence-electron chi connectivity index (χ4n) is 1.10. The van der Waals surface area contributed by atoms with E-state index in [4.69, 9.17) is 5.73 Å². The fourth-order valence-corrected chi connectivity index (χ4v) is 1.10. The molecule has 0 aliphatic rings. The maximum absolute atomic E-state index is 11.4. The second-order valence-corrected chi connectivity index (χ2v) is 4.06. The molecule has 0 rings (SSSR count). The molecule has 0 heterocycles. The molecule has 0 aromatic rings. The van der Waals surface area contributed by atoms with Crippen LogP contribution in [0.1, 0.15) is 34.1 Å². The van der Waals surface area contributed by atoms with Crippen LogP contribution in [0.25, 0.3) is 0 Å². The number of ketones is 1. The van der Waals surface area contributed by atoms with Crippen molar-refractivity contribution in [1.82, 2.24) is 5.32 Å². The Hall–Kier alpha value is -0.410. The van der Waals surface area contributed by atoms with Gasteiger partial charge in [-0.3, -0.25) is 4.79 Å². The lowest BCUT2D eigenvalue weighted by atomic mass is 10.0. The van der Waals surface area contributed by atoms with Crippen molar-refractivity contribution >= 4 is 5.78 Å². The van der Waals surface area contributed by atoms with Crippen LogP contribution in [0.5, 0.6) is 0 Å². The summed E-state index contributed by atoms with van der Waals surface area (Å²) in [5.41, 5.74) is 5.71. The largest absolute Gasteiger partial charge is 0.321 e. The summed E-state index contributed by atoms with van der Waals surface area (Å²) in [6.07, 6.45) is 0.731. The number of carbonyl (C=O) groups excluding carboxylic acids is 1. The normalized spacial score (nSPS) is 13.8. The summed E-state index contributed by atoms with van der Waals surface area (Å²) in [7, 11) is 0. The molecular weight excluding hydrogens is 164 g/mol. The van der Waals surface area contributed by atoms with E-state index in [1.165, 1.54) is 0 Å². The summed E-state index contributed by atoms with van der Waals surface area (Å²) in [4.78, 5) is 11.4. The van der Waals surface area contributed by atoms with Gasteiger partial charge in [-0.05, 0) is 13.0 Å². The highest BCUT2D eigenvalue weighted by molar-refractivity contribution is 5.85.